The Morgan fingerprint density at radius 2 is 1.86 bits per heavy atom. The van der Waals surface area contributed by atoms with E-state index < -0.39 is 0 Å². The molecule has 0 radical (unpaired) electrons. The molecule has 1 N–H and O–H groups in total. The second-order valence-corrected chi connectivity index (χ2v) is 7.78. The van der Waals surface area contributed by atoms with Crippen molar-refractivity contribution in [2.45, 2.75) is 26.1 Å². The van der Waals surface area contributed by atoms with E-state index in [4.69, 9.17) is 16.3 Å². The van der Waals surface area contributed by atoms with Crippen LogP contribution in [0.15, 0.2) is 42.5 Å². The number of hydrogen-bond acceptors (Lipinski definition) is 3. The van der Waals surface area contributed by atoms with E-state index in [2.05, 4.69) is 5.32 Å². The molecule has 6 nitrogen and oxygen atoms in total. The number of carbonyl (C=O) groups is 2. The van der Waals surface area contributed by atoms with Gasteiger partial charge in [-0.2, -0.15) is 0 Å². The molecule has 0 spiro atoms. The van der Waals surface area contributed by atoms with Crippen LogP contribution in [-0.2, 0) is 24.9 Å². The number of methoxy groups -OCH3 is 1. The maximum absolute atomic E-state index is 12.9. The van der Waals surface area contributed by atoms with Gasteiger partial charge in [-0.1, -0.05) is 35.9 Å². The molecule has 0 bridgehead atoms. The second-order valence-electron chi connectivity index (χ2n) is 7.34. The molecule has 2 amide bonds. The van der Waals surface area contributed by atoms with E-state index >= 15 is 0 Å². The number of hydrogen-bond donors (Lipinski definition) is 1. The first-order valence-corrected chi connectivity index (χ1v) is 9.75. The van der Waals surface area contributed by atoms with Crippen LogP contribution >= 0.6 is 11.6 Å². The van der Waals surface area contributed by atoms with Gasteiger partial charge in [-0.3, -0.25) is 9.69 Å². The monoisotopic (exact) mass is 411 g/mol. The molecule has 0 fully saturated rings. The molecule has 7 heteroatoms. The normalized spacial score (nSPS) is 14.0. The lowest BCUT2D eigenvalue weighted by Gasteiger charge is -2.16. The molecule has 4 rings (SSSR count). The van der Waals surface area contributed by atoms with Gasteiger partial charge >= 0.3 is 6.09 Å². The van der Waals surface area contributed by atoms with Gasteiger partial charge in [0.2, 0.25) is 0 Å². The van der Waals surface area contributed by atoms with Crippen molar-refractivity contribution in [1.29, 1.82) is 0 Å². The van der Waals surface area contributed by atoms with E-state index in [1.54, 1.807) is 4.90 Å². The highest BCUT2D eigenvalue weighted by atomic mass is 35.5. The topological polar surface area (TPSA) is 63.6 Å². The first-order chi connectivity index (χ1) is 13.9. The fourth-order valence-corrected chi connectivity index (χ4v) is 3.98. The van der Waals surface area contributed by atoms with E-state index in [-0.39, 0.29) is 18.0 Å². The van der Waals surface area contributed by atoms with Crippen LogP contribution in [0.3, 0.4) is 0 Å². The number of aryl methyl sites for hydroxylation is 1. The van der Waals surface area contributed by atoms with E-state index in [1.165, 1.54) is 7.11 Å². The van der Waals surface area contributed by atoms with Crippen molar-refractivity contribution in [2.75, 3.05) is 7.11 Å². The van der Waals surface area contributed by atoms with Crippen molar-refractivity contribution < 1.29 is 14.3 Å². The quantitative estimate of drug-likeness (QED) is 0.694. The van der Waals surface area contributed by atoms with Gasteiger partial charge in [0.1, 0.15) is 5.69 Å². The number of halogens is 1. The molecular formula is C22H22ClN3O3. The lowest BCUT2D eigenvalue weighted by molar-refractivity contribution is 0.0932. The Bertz CT molecular complexity index is 1120. The molecule has 2 aromatic carbocycles. The molecule has 2 heterocycles. The summed E-state index contributed by atoms with van der Waals surface area (Å²) in [6.07, 6.45) is -0.333. The third kappa shape index (κ3) is 3.56. The van der Waals surface area contributed by atoms with Crippen molar-refractivity contribution in [3.63, 3.8) is 0 Å². The van der Waals surface area contributed by atoms with Gasteiger partial charge in [0.25, 0.3) is 5.91 Å². The Morgan fingerprint density at radius 3 is 2.62 bits per heavy atom. The molecule has 1 aromatic heterocycles. The molecule has 150 valence electrons. The molecule has 3 aromatic rings. The highest BCUT2D eigenvalue weighted by molar-refractivity contribution is 6.31. The first-order valence-electron chi connectivity index (χ1n) is 9.38. The van der Waals surface area contributed by atoms with E-state index in [0.29, 0.717) is 23.8 Å². The summed E-state index contributed by atoms with van der Waals surface area (Å²) >= 11 is 6.08. The number of amides is 2. The predicted molar refractivity (Wildman–Crippen MR) is 112 cm³/mol. The third-order valence-corrected chi connectivity index (χ3v) is 5.71. The number of nitrogens with one attached hydrogen (secondary N) is 1. The van der Waals surface area contributed by atoms with Crippen molar-refractivity contribution in [3.05, 3.63) is 69.9 Å². The van der Waals surface area contributed by atoms with E-state index in [0.717, 1.165) is 27.6 Å². The van der Waals surface area contributed by atoms with Crippen LogP contribution in [0.1, 0.15) is 40.1 Å². The van der Waals surface area contributed by atoms with Gasteiger partial charge < -0.3 is 14.6 Å². The average molecular weight is 412 g/mol. The van der Waals surface area contributed by atoms with Crippen molar-refractivity contribution in [1.82, 2.24) is 14.8 Å². The molecule has 29 heavy (non-hydrogen) atoms. The van der Waals surface area contributed by atoms with Crippen LogP contribution in [-0.4, -0.2) is 28.6 Å². The third-order valence-electron chi connectivity index (χ3n) is 5.47. The molecule has 1 unspecified atom stereocenters. The van der Waals surface area contributed by atoms with Crippen LogP contribution in [0.4, 0.5) is 4.79 Å². The van der Waals surface area contributed by atoms with Crippen molar-refractivity contribution >= 4 is 34.5 Å². The summed E-state index contributed by atoms with van der Waals surface area (Å²) in [7, 11) is 3.24. The Morgan fingerprint density at radius 1 is 1.10 bits per heavy atom. The number of aromatic nitrogens is 1. The zero-order valence-electron chi connectivity index (χ0n) is 16.5. The van der Waals surface area contributed by atoms with Gasteiger partial charge in [-0.25, -0.2) is 4.79 Å². The van der Waals surface area contributed by atoms with E-state index in [9.17, 15) is 9.59 Å². The minimum atomic E-state index is -0.333. The molecule has 1 aliphatic heterocycles. The zero-order chi connectivity index (χ0) is 20.7. The number of fused-ring (bicyclic) bond motifs is 2. The average Bonchev–Trinajstić information content (AvgIpc) is 3.28. The van der Waals surface area contributed by atoms with Gasteiger partial charge in [0.05, 0.1) is 13.2 Å². The lowest BCUT2D eigenvalue weighted by Crippen LogP contribution is -2.28. The molecule has 0 aliphatic carbocycles. The summed E-state index contributed by atoms with van der Waals surface area (Å²) in [5, 5.41) is 4.67. The van der Waals surface area contributed by atoms with Gasteiger partial charge in [-0.05, 0) is 41.8 Å². The Hall–Kier alpha value is -2.99. The molecule has 0 saturated carbocycles. The van der Waals surface area contributed by atoms with Crippen LogP contribution in [0, 0.1) is 0 Å². The van der Waals surface area contributed by atoms with Crippen LogP contribution in [0.2, 0.25) is 5.02 Å². The Labute approximate surface area is 174 Å². The summed E-state index contributed by atoms with van der Waals surface area (Å²) in [6, 6.07) is 13.3. The van der Waals surface area contributed by atoms with Crippen LogP contribution in [0.25, 0.3) is 10.9 Å². The summed E-state index contributed by atoms with van der Waals surface area (Å²) in [4.78, 5) is 26.3. The van der Waals surface area contributed by atoms with Crippen LogP contribution in [0.5, 0.6) is 0 Å². The largest absolute Gasteiger partial charge is 0.453 e. The SMILES string of the molecule is COC(=O)N1Cc2ccc(C(C)NC(=O)c3cc4ccc(Cl)cc4n3C)cc2C1. The number of benzene rings is 2. The van der Waals surface area contributed by atoms with Crippen molar-refractivity contribution in [2.24, 2.45) is 7.05 Å². The smallest absolute Gasteiger partial charge is 0.410 e. The maximum atomic E-state index is 12.9. The Kier molecular flexibility index (Phi) is 4.96. The summed E-state index contributed by atoms with van der Waals surface area (Å²) in [6.45, 7) is 3.01. The maximum Gasteiger partial charge on any atom is 0.410 e. The molecule has 1 atom stereocenters. The fraction of sp³-hybridized carbons (Fsp3) is 0.273. The number of ether oxygens (including phenoxy) is 1. The number of rotatable bonds is 3. The van der Waals surface area contributed by atoms with E-state index in [1.807, 2.05) is 61.0 Å². The summed E-state index contributed by atoms with van der Waals surface area (Å²) < 4.78 is 6.65. The lowest BCUT2D eigenvalue weighted by atomic mass is 10.0. The van der Waals surface area contributed by atoms with Crippen molar-refractivity contribution in [3.8, 4) is 0 Å². The second kappa shape index (κ2) is 7.44. The highest BCUT2D eigenvalue weighted by Gasteiger charge is 2.25. The number of nitrogens with zero attached hydrogens (tertiary/aromatic N) is 2. The van der Waals surface area contributed by atoms with Gasteiger partial charge in [0.15, 0.2) is 0 Å². The van der Waals surface area contributed by atoms with Gasteiger partial charge in [0, 0.05) is 36.1 Å². The van der Waals surface area contributed by atoms with Gasteiger partial charge in [-0.15, -0.1) is 0 Å². The predicted octanol–water partition coefficient (Wildman–Crippen LogP) is 4.40. The minimum absolute atomic E-state index is 0.149. The Balaban J connectivity index is 1.52. The fourth-order valence-electron chi connectivity index (χ4n) is 3.82. The molecular weight excluding hydrogens is 390 g/mol. The number of carbonyl (C=O) groups excluding carboxylic acids is 2. The minimum Gasteiger partial charge on any atom is -0.453 e. The molecule has 0 saturated heterocycles. The zero-order valence-corrected chi connectivity index (χ0v) is 17.3. The first kappa shape index (κ1) is 19.3. The standard InChI is InChI=1S/C22H22ClN3O3/c1-13(14-4-5-16-11-26(22(28)29-3)12-17(16)8-14)24-21(27)20-9-15-6-7-18(23)10-19(15)25(20)2/h4-10,13H,11-12H2,1-3H3,(H,24,27). The highest BCUT2D eigenvalue weighted by Crippen LogP contribution is 2.27. The molecule has 1 aliphatic rings. The summed E-state index contributed by atoms with van der Waals surface area (Å²) in [5.41, 5.74) is 4.66. The van der Waals surface area contributed by atoms with Crippen LogP contribution < -0.4 is 5.32 Å². The summed E-state index contributed by atoms with van der Waals surface area (Å²) in [5.74, 6) is -0.149.